The molecule has 0 spiro atoms. The molecule has 150 valence electrons. The number of halogens is 4. The number of hydrogen-bond acceptors (Lipinski definition) is 3. The molecule has 1 aromatic heterocycles. The standard InChI is InChI=1S/C17H27F3N4S.HI/c1-10(2)15-11(3)25-14(24-15)9-22-16(21-4)23-13-7-5-6-12(8-13)17(18,19)20;/h10,12-13H,5-9H2,1-4H3,(H2,21,22,23);1H. The van der Waals surface area contributed by atoms with Gasteiger partial charge in [0.1, 0.15) is 5.01 Å². The third-order valence-corrected chi connectivity index (χ3v) is 5.52. The highest BCUT2D eigenvalue weighted by atomic mass is 127. The van der Waals surface area contributed by atoms with Gasteiger partial charge in [-0.05, 0) is 32.1 Å². The van der Waals surface area contributed by atoms with Gasteiger partial charge in [-0.3, -0.25) is 4.99 Å². The molecule has 0 radical (unpaired) electrons. The van der Waals surface area contributed by atoms with Crippen molar-refractivity contribution >= 4 is 41.3 Å². The lowest BCUT2D eigenvalue weighted by Crippen LogP contribution is -2.46. The summed E-state index contributed by atoms with van der Waals surface area (Å²) in [4.78, 5) is 9.97. The van der Waals surface area contributed by atoms with Gasteiger partial charge in [0.05, 0.1) is 18.2 Å². The molecular weight excluding hydrogens is 476 g/mol. The van der Waals surface area contributed by atoms with E-state index in [0.29, 0.717) is 24.8 Å². The molecule has 1 aromatic rings. The fourth-order valence-electron chi connectivity index (χ4n) is 3.24. The van der Waals surface area contributed by atoms with Crippen LogP contribution in [-0.4, -0.2) is 30.2 Å². The number of alkyl halides is 3. The highest BCUT2D eigenvalue weighted by Gasteiger charge is 2.42. The van der Waals surface area contributed by atoms with Gasteiger partial charge in [0, 0.05) is 18.0 Å². The second-order valence-corrected chi connectivity index (χ2v) is 8.16. The van der Waals surface area contributed by atoms with Gasteiger partial charge in [0.25, 0.3) is 0 Å². The van der Waals surface area contributed by atoms with E-state index in [4.69, 9.17) is 0 Å². The van der Waals surface area contributed by atoms with Crippen LogP contribution in [0.4, 0.5) is 13.2 Å². The Balaban J connectivity index is 0.00000338. The van der Waals surface area contributed by atoms with Crippen LogP contribution < -0.4 is 10.6 Å². The van der Waals surface area contributed by atoms with Crippen LogP contribution in [0.15, 0.2) is 4.99 Å². The van der Waals surface area contributed by atoms with Crippen LogP contribution in [0, 0.1) is 12.8 Å². The first-order valence-electron chi connectivity index (χ1n) is 8.70. The second kappa shape index (κ2) is 10.1. The third-order valence-electron chi connectivity index (χ3n) is 4.53. The molecule has 1 fully saturated rings. The van der Waals surface area contributed by atoms with Crippen LogP contribution in [0.2, 0.25) is 0 Å². The molecule has 4 nitrogen and oxygen atoms in total. The van der Waals surface area contributed by atoms with Gasteiger partial charge < -0.3 is 10.6 Å². The number of nitrogens with one attached hydrogen (secondary N) is 2. The fourth-order valence-corrected chi connectivity index (χ4v) is 4.27. The Morgan fingerprint density at radius 2 is 2.04 bits per heavy atom. The minimum Gasteiger partial charge on any atom is -0.354 e. The summed E-state index contributed by atoms with van der Waals surface area (Å²) in [7, 11) is 1.63. The molecule has 1 saturated carbocycles. The summed E-state index contributed by atoms with van der Waals surface area (Å²) in [6, 6.07) is -0.198. The lowest BCUT2D eigenvalue weighted by molar-refractivity contribution is -0.183. The van der Waals surface area contributed by atoms with E-state index in [2.05, 4.69) is 41.4 Å². The summed E-state index contributed by atoms with van der Waals surface area (Å²) in [5, 5.41) is 7.27. The number of guanidine groups is 1. The largest absolute Gasteiger partial charge is 0.391 e. The molecule has 1 aliphatic carbocycles. The van der Waals surface area contributed by atoms with E-state index >= 15 is 0 Å². The van der Waals surface area contributed by atoms with Crippen molar-refractivity contribution in [3.05, 3.63) is 15.6 Å². The highest BCUT2D eigenvalue weighted by Crippen LogP contribution is 2.37. The first-order chi connectivity index (χ1) is 11.7. The number of rotatable bonds is 4. The summed E-state index contributed by atoms with van der Waals surface area (Å²) in [6.45, 7) is 6.80. The maximum absolute atomic E-state index is 12.9. The smallest absolute Gasteiger partial charge is 0.354 e. The Bertz CT molecular complexity index is 601. The summed E-state index contributed by atoms with van der Waals surface area (Å²) in [6.07, 6.45) is -2.45. The molecule has 2 rings (SSSR count). The normalized spacial score (nSPS) is 21.5. The Morgan fingerprint density at radius 3 is 2.58 bits per heavy atom. The SMILES string of the molecule is CN=C(NCc1nc(C(C)C)c(C)s1)NC1CCCC(C(F)(F)F)C1.I. The molecule has 0 saturated heterocycles. The van der Waals surface area contributed by atoms with Crippen molar-refractivity contribution in [2.45, 2.75) is 71.1 Å². The molecular formula is C17H28F3IN4S. The van der Waals surface area contributed by atoms with Crippen LogP contribution in [0.5, 0.6) is 0 Å². The molecule has 2 atom stereocenters. The Morgan fingerprint density at radius 1 is 1.35 bits per heavy atom. The van der Waals surface area contributed by atoms with Gasteiger partial charge >= 0.3 is 6.18 Å². The zero-order valence-electron chi connectivity index (χ0n) is 15.6. The molecule has 0 aromatic carbocycles. The topological polar surface area (TPSA) is 49.3 Å². The highest BCUT2D eigenvalue weighted by molar-refractivity contribution is 14.0. The van der Waals surface area contributed by atoms with E-state index in [-0.39, 0.29) is 42.9 Å². The van der Waals surface area contributed by atoms with E-state index in [1.807, 2.05) is 0 Å². The third kappa shape index (κ3) is 6.54. The van der Waals surface area contributed by atoms with Crippen molar-refractivity contribution in [3.63, 3.8) is 0 Å². The second-order valence-electron chi connectivity index (χ2n) is 6.88. The van der Waals surface area contributed by atoms with Crippen molar-refractivity contribution in [3.8, 4) is 0 Å². The molecule has 0 bridgehead atoms. The maximum Gasteiger partial charge on any atom is 0.391 e. The van der Waals surface area contributed by atoms with E-state index in [9.17, 15) is 13.2 Å². The predicted octanol–water partition coefficient (Wildman–Crippen LogP) is 4.98. The fraction of sp³-hybridized carbons (Fsp3) is 0.765. The van der Waals surface area contributed by atoms with Crippen LogP contribution in [0.3, 0.4) is 0 Å². The molecule has 26 heavy (non-hydrogen) atoms. The lowest BCUT2D eigenvalue weighted by atomic mass is 9.85. The number of aromatic nitrogens is 1. The van der Waals surface area contributed by atoms with Crippen molar-refractivity contribution in [1.29, 1.82) is 0 Å². The Kier molecular flexibility index (Phi) is 9.11. The minimum atomic E-state index is -4.11. The number of thiazole rings is 1. The molecule has 1 heterocycles. The van der Waals surface area contributed by atoms with Gasteiger partial charge in [-0.25, -0.2) is 4.98 Å². The molecule has 0 aliphatic heterocycles. The molecule has 2 N–H and O–H groups in total. The van der Waals surface area contributed by atoms with E-state index in [0.717, 1.165) is 17.1 Å². The number of aryl methyl sites for hydroxylation is 1. The average molecular weight is 504 g/mol. The minimum absolute atomic E-state index is 0. The quantitative estimate of drug-likeness (QED) is 0.346. The summed E-state index contributed by atoms with van der Waals surface area (Å²) < 4.78 is 38.8. The zero-order valence-corrected chi connectivity index (χ0v) is 18.8. The van der Waals surface area contributed by atoms with Gasteiger partial charge in [0.15, 0.2) is 5.96 Å². The predicted molar refractivity (Wildman–Crippen MR) is 111 cm³/mol. The van der Waals surface area contributed by atoms with Crippen LogP contribution in [-0.2, 0) is 6.54 Å². The first kappa shape index (κ1) is 23.5. The van der Waals surface area contributed by atoms with Crippen molar-refractivity contribution in [2.75, 3.05) is 7.05 Å². The number of nitrogens with zero attached hydrogens (tertiary/aromatic N) is 2. The summed E-state index contributed by atoms with van der Waals surface area (Å²) in [5.41, 5.74) is 1.10. The van der Waals surface area contributed by atoms with Gasteiger partial charge in [-0.15, -0.1) is 35.3 Å². The van der Waals surface area contributed by atoms with Gasteiger partial charge in [-0.1, -0.05) is 20.3 Å². The Labute approximate surface area is 174 Å². The van der Waals surface area contributed by atoms with E-state index < -0.39 is 12.1 Å². The van der Waals surface area contributed by atoms with Crippen molar-refractivity contribution < 1.29 is 13.2 Å². The molecule has 9 heteroatoms. The lowest BCUT2D eigenvalue weighted by Gasteiger charge is -2.31. The summed E-state index contributed by atoms with van der Waals surface area (Å²) in [5.74, 6) is -0.303. The van der Waals surface area contributed by atoms with Crippen LogP contribution >= 0.6 is 35.3 Å². The monoisotopic (exact) mass is 504 g/mol. The van der Waals surface area contributed by atoms with Gasteiger partial charge in [-0.2, -0.15) is 13.2 Å². The number of aliphatic imine (C=N–C) groups is 1. The van der Waals surface area contributed by atoms with Crippen LogP contribution in [0.1, 0.15) is 61.0 Å². The van der Waals surface area contributed by atoms with Crippen molar-refractivity contribution in [1.82, 2.24) is 15.6 Å². The zero-order chi connectivity index (χ0) is 18.6. The summed E-state index contributed by atoms with van der Waals surface area (Å²) >= 11 is 1.64. The number of hydrogen-bond donors (Lipinski definition) is 2. The molecule has 2 unspecified atom stereocenters. The van der Waals surface area contributed by atoms with Crippen molar-refractivity contribution in [2.24, 2.45) is 10.9 Å². The maximum atomic E-state index is 12.9. The molecule has 0 amide bonds. The van der Waals surface area contributed by atoms with Crippen LogP contribution in [0.25, 0.3) is 0 Å². The van der Waals surface area contributed by atoms with E-state index in [1.165, 1.54) is 4.88 Å². The molecule has 1 aliphatic rings. The van der Waals surface area contributed by atoms with Gasteiger partial charge in [0.2, 0.25) is 0 Å². The average Bonchev–Trinajstić information content (AvgIpc) is 2.92. The Hall–Kier alpha value is -0.580. The first-order valence-corrected chi connectivity index (χ1v) is 9.52. The van der Waals surface area contributed by atoms with E-state index in [1.54, 1.807) is 18.4 Å².